The lowest BCUT2D eigenvalue weighted by atomic mass is 10.1. The van der Waals surface area contributed by atoms with Crippen molar-refractivity contribution in [3.63, 3.8) is 0 Å². The zero-order chi connectivity index (χ0) is 14.5. The first kappa shape index (κ1) is 13.7. The number of phenolic OH excluding ortho intramolecular Hbond substituents is 1. The molecule has 0 bridgehead atoms. The van der Waals surface area contributed by atoms with Crippen LogP contribution in [0.5, 0.6) is 11.5 Å². The predicted molar refractivity (Wildman–Crippen MR) is 79.2 cm³/mol. The van der Waals surface area contributed by atoms with Gasteiger partial charge in [-0.3, -0.25) is 4.99 Å². The number of phenols is 1. The first-order valence-electron chi connectivity index (χ1n) is 6.00. The maximum Gasteiger partial charge on any atom is 0.148 e. The van der Waals surface area contributed by atoms with Crippen molar-refractivity contribution >= 4 is 23.8 Å². The highest BCUT2D eigenvalue weighted by Crippen LogP contribution is 2.35. The van der Waals surface area contributed by atoms with E-state index in [1.807, 2.05) is 13.0 Å². The van der Waals surface area contributed by atoms with Crippen LogP contribution in [0, 0.1) is 6.92 Å². The van der Waals surface area contributed by atoms with Crippen LogP contribution in [0.15, 0.2) is 51.6 Å². The van der Waals surface area contributed by atoms with Gasteiger partial charge in [0.25, 0.3) is 0 Å². The Morgan fingerprint density at radius 1 is 1.05 bits per heavy atom. The fourth-order valence-corrected chi connectivity index (χ4v) is 1.70. The topological polar surface area (TPSA) is 66.5 Å². The lowest BCUT2D eigenvalue weighted by molar-refractivity contribution is 0.416. The molecule has 0 radical (unpaired) electrons. The van der Waals surface area contributed by atoms with E-state index in [0.717, 1.165) is 11.3 Å². The fraction of sp³-hybridized carbons (Fsp3) is 0.133. The summed E-state index contributed by atoms with van der Waals surface area (Å²) in [7, 11) is 1.57. The Hall–Kier alpha value is -2.69. The minimum absolute atomic E-state index is 0.193. The number of aliphatic imine (C=N–C) groups is 1. The molecule has 0 saturated heterocycles. The Kier molecular flexibility index (Phi) is 4.10. The molecule has 0 aliphatic carbocycles. The van der Waals surface area contributed by atoms with Crippen molar-refractivity contribution < 1.29 is 9.84 Å². The molecule has 0 aromatic heterocycles. The van der Waals surface area contributed by atoms with Crippen molar-refractivity contribution in [1.29, 1.82) is 0 Å². The minimum Gasteiger partial charge on any atom is -0.508 e. The average molecular weight is 269 g/mol. The van der Waals surface area contributed by atoms with Crippen LogP contribution < -0.4 is 4.74 Å². The van der Waals surface area contributed by atoms with Gasteiger partial charge in [-0.25, -0.2) is 0 Å². The first-order chi connectivity index (χ1) is 9.63. The Bertz CT molecular complexity index is 649. The molecule has 0 saturated carbocycles. The summed E-state index contributed by atoms with van der Waals surface area (Å²) in [5.74, 6) is 0.777. The summed E-state index contributed by atoms with van der Waals surface area (Å²) in [6.07, 6.45) is 0. The monoisotopic (exact) mass is 269 g/mol. The maximum atomic E-state index is 9.21. The molecule has 0 fully saturated rings. The van der Waals surface area contributed by atoms with Gasteiger partial charge in [-0.15, -0.1) is 5.11 Å². The SMILES string of the molecule is C=Nc1cc(OC)c(N=Nc2ccc(O)cc2)cc1C. The van der Waals surface area contributed by atoms with Crippen molar-refractivity contribution in [1.82, 2.24) is 0 Å². The van der Waals surface area contributed by atoms with Crippen LogP contribution >= 0.6 is 0 Å². The van der Waals surface area contributed by atoms with Crippen molar-refractivity contribution in [2.45, 2.75) is 6.92 Å². The van der Waals surface area contributed by atoms with Crippen molar-refractivity contribution in [2.24, 2.45) is 15.2 Å². The van der Waals surface area contributed by atoms with Crippen molar-refractivity contribution in [2.75, 3.05) is 7.11 Å². The number of ether oxygens (including phenoxy) is 1. The molecule has 0 aliphatic heterocycles. The third-order valence-corrected chi connectivity index (χ3v) is 2.79. The Morgan fingerprint density at radius 2 is 1.75 bits per heavy atom. The van der Waals surface area contributed by atoms with E-state index >= 15 is 0 Å². The van der Waals surface area contributed by atoms with Gasteiger partial charge in [0.2, 0.25) is 0 Å². The summed E-state index contributed by atoms with van der Waals surface area (Å²) >= 11 is 0. The molecule has 5 nitrogen and oxygen atoms in total. The van der Waals surface area contributed by atoms with Crippen molar-refractivity contribution in [3.05, 3.63) is 42.0 Å². The average Bonchev–Trinajstić information content (AvgIpc) is 2.46. The van der Waals surface area contributed by atoms with Gasteiger partial charge in [0, 0.05) is 6.07 Å². The molecule has 0 amide bonds. The van der Waals surface area contributed by atoms with Crippen molar-refractivity contribution in [3.8, 4) is 11.5 Å². The number of aryl methyl sites for hydroxylation is 1. The summed E-state index contributed by atoms with van der Waals surface area (Å²) in [6.45, 7) is 5.44. The van der Waals surface area contributed by atoms with Gasteiger partial charge < -0.3 is 9.84 Å². The van der Waals surface area contributed by atoms with E-state index < -0.39 is 0 Å². The van der Waals surface area contributed by atoms with Gasteiger partial charge in [-0.2, -0.15) is 5.11 Å². The van der Waals surface area contributed by atoms with Crippen LogP contribution in [0.4, 0.5) is 17.1 Å². The maximum absolute atomic E-state index is 9.21. The highest BCUT2D eigenvalue weighted by Gasteiger charge is 2.06. The molecular weight excluding hydrogens is 254 g/mol. The minimum atomic E-state index is 0.193. The van der Waals surface area contributed by atoms with Gasteiger partial charge >= 0.3 is 0 Å². The third kappa shape index (κ3) is 3.00. The quantitative estimate of drug-likeness (QED) is 0.657. The molecule has 20 heavy (non-hydrogen) atoms. The Morgan fingerprint density at radius 3 is 2.35 bits per heavy atom. The number of hydrogen-bond donors (Lipinski definition) is 1. The molecular formula is C15H15N3O2. The second kappa shape index (κ2) is 5.97. The number of nitrogens with zero attached hydrogens (tertiary/aromatic N) is 3. The summed E-state index contributed by atoms with van der Waals surface area (Å²) in [6, 6.07) is 10.1. The van der Waals surface area contributed by atoms with Gasteiger partial charge in [0.1, 0.15) is 17.2 Å². The van der Waals surface area contributed by atoms with E-state index in [-0.39, 0.29) is 5.75 Å². The van der Waals surface area contributed by atoms with Gasteiger partial charge in [0.05, 0.1) is 18.5 Å². The summed E-state index contributed by atoms with van der Waals surface area (Å²) in [5, 5.41) is 17.5. The fourth-order valence-electron chi connectivity index (χ4n) is 1.70. The highest BCUT2D eigenvalue weighted by molar-refractivity contribution is 5.64. The van der Waals surface area contributed by atoms with Crippen LogP contribution in [-0.2, 0) is 0 Å². The molecule has 0 atom stereocenters. The molecule has 5 heteroatoms. The van der Waals surface area contributed by atoms with Crippen LogP contribution in [0.3, 0.4) is 0 Å². The third-order valence-electron chi connectivity index (χ3n) is 2.79. The van der Waals surface area contributed by atoms with Crippen LogP contribution in [0.1, 0.15) is 5.56 Å². The predicted octanol–water partition coefficient (Wildman–Crippen LogP) is 4.46. The van der Waals surface area contributed by atoms with Gasteiger partial charge in [-0.1, -0.05) is 0 Å². The molecule has 2 aromatic rings. The summed E-state index contributed by atoms with van der Waals surface area (Å²) < 4.78 is 5.27. The van der Waals surface area contributed by atoms with Gasteiger partial charge in [0.15, 0.2) is 0 Å². The molecule has 2 rings (SSSR count). The molecule has 0 unspecified atom stereocenters. The zero-order valence-corrected chi connectivity index (χ0v) is 11.4. The summed E-state index contributed by atoms with van der Waals surface area (Å²) in [5.41, 5.74) is 2.96. The van der Waals surface area contributed by atoms with Gasteiger partial charge in [-0.05, 0) is 49.5 Å². The lowest BCUT2D eigenvalue weighted by Gasteiger charge is -2.07. The highest BCUT2D eigenvalue weighted by atomic mass is 16.5. The molecule has 102 valence electrons. The molecule has 2 aromatic carbocycles. The lowest BCUT2D eigenvalue weighted by Crippen LogP contribution is -1.85. The van der Waals surface area contributed by atoms with E-state index in [4.69, 9.17) is 4.74 Å². The second-order valence-corrected chi connectivity index (χ2v) is 4.19. The Labute approximate surface area is 117 Å². The number of benzene rings is 2. The Balaban J connectivity index is 2.35. The standard InChI is InChI=1S/C15H15N3O2/c1-10-8-14(15(20-3)9-13(10)16-2)18-17-11-4-6-12(19)7-5-11/h4-9,19H,2H2,1,3H3. The van der Waals surface area contributed by atoms with E-state index in [1.54, 1.807) is 37.4 Å². The van der Waals surface area contributed by atoms with E-state index in [9.17, 15) is 5.11 Å². The van der Waals surface area contributed by atoms with E-state index in [2.05, 4.69) is 21.9 Å². The number of methoxy groups -OCH3 is 1. The van der Waals surface area contributed by atoms with Crippen LogP contribution in [0.25, 0.3) is 0 Å². The largest absolute Gasteiger partial charge is 0.508 e. The van der Waals surface area contributed by atoms with Crippen LogP contribution in [-0.4, -0.2) is 18.9 Å². The number of rotatable bonds is 4. The smallest absolute Gasteiger partial charge is 0.148 e. The normalized spacial score (nSPS) is 10.7. The molecule has 0 aliphatic rings. The number of aromatic hydroxyl groups is 1. The summed E-state index contributed by atoms with van der Waals surface area (Å²) in [4.78, 5) is 3.92. The molecule has 1 N–H and O–H groups in total. The number of hydrogen-bond acceptors (Lipinski definition) is 5. The van der Waals surface area contributed by atoms with E-state index in [0.29, 0.717) is 17.1 Å². The van der Waals surface area contributed by atoms with Crippen LogP contribution in [0.2, 0.25) is 0 Å². The number of azo groups is 1. The zero-order valence-electron chi connectivity index (χ0n) is 11.4. The first-order valence-corrected chi connectivity index (χ1v) is 6.00. The molecule has 0 spiro atoms. The second-order valence-electron chi connectivity index (χ2n) is 4.19. The van der Waals surface area contributed by atoms with E-state index in [1.165, 1.54) is 0 Å². The molecule has 0 heterocycles.